The highest BCUT2D eigenvalue weighted by Crippen LogP contribution is 2.29. The molecule has 0 unspecified atom stereocenters. The number of rotatable bonds is 8. The van der Waals surface area contributed by atoms with E-state index in [1.165, 1.54) is 11.6 Å². The van der Waals surface area contributed by atoms with Gasteiger partial charge in [0.1, 0.15) is 30.3 Å². The van der Waals surface area contributed by atoms with Crippen LogP contribution in [0.3, 0.4) is 0 Å². The molecule has 4 aromatic rings. The molecule has 0 bridgehead atoms. The van der Waals surface area contributed by atoms with Crippen molar-refractivity contribution in [3.8, 4) is 11.5 Å². The summed E-state index contributed by atoms with van der Waals surface area (Å²) in [5, 5.41) is 3.27. The van der Waals surface area contributed by atoms with Crippen LogP contribution in [0.1, 0.15) is 27.8 Å². The Kier molecular flexibility index (Phi) is 8.61. The normalized spacial score (nSPS) is 14.2. The Morgan fingerprint density at radius 3 is 2.12 bits per heavy atom. The van der Waals surface area contributed by atoms with Crippen LogP contribution in [-0.2, 0) is 22.8 Å². The number of anilines is 1. The number of barbiturate groups is 1. The molecule has 1 N–H and O–H groups in total. The lowest BCUT2D eigenvalue weighted by atomic mass is 10.1. The quantitative estimate of drug-likeness (QED) is 0.168. The minimum Gasteiger partial charge on any atom is -0.489 e. The largest absolute Gasteiger partial charge is 0.489 e. The summed E-state index contributed by atoms with van der Waals surface area (Å²) >= 11 is 12.2. The third-order valence-corrected chi connectivity index (χ3v) is 7.24. The molecule has 0 atom stereocenters. The maximum absolute atomic E-state index is 13.5. The molecule has 1 saturated heterocycles. The van der Waals surface area contributed by atoms with E-state index >= 15 is 0 Å². The Hall–Kier alpha value is -4.59. The molecule has 4 aromatic carbocycles. The summed E-state index contributed by atoms with van der Waals surface area (Å²) in [4.78, 5) is 39.9. The van der Waals surface area contributed by atoms with E-state index in [2.05, 4.69) is 5.32 Å². The number of ether oxygens (including phenoxy) is 2. The van der Waals surface area contributed by atoms with Crippen molar-refractivity contribution in [3.63, 3.8) is 0 Å². The van der Waals surface area contributed by atoms with Crippen LogP contribution in [0.5, 0.6) is 11.5 Å². The number of benzene rings is 4. The molecule has 0 spiro atoms. The highest BCUT2D eigenvalue weighted by Gasteiger charge is 2.37. The summed E-state index contributed by atoms with van der Waals surface area (Å²) in [5.41, 5.74) is 4.67. The average Bonchev–Trinajstić information content (AvgIpc) is 2.97. The molecule has 4 amide bonds. The number of halogens is 2. The molecule has 1 aliphatic rings. The van der Waals surface area contributed by atoms with Crippen molar-refractivity contribution < 1.29 is 23.9 Å². The van der Waals surface area contributed by atoms with E-state index in [4.69, 9.17) is 32.7 Å². The number of hydrogen-bond donors (Lipinski definition) is 1. The number of imide groups is 2. The van der Waals surface area contributed by atoms with Crippen molar-refractivity contribution in [2.24, 2.45) is 0 Å². The van der Waals surface area contributed by atoms with Crippen molar-refractivity contribution in [1.29, 1.82) is 0 Å². The van der Waals surface area contributed by atoms with Gasteiger partial charge in [0.15, 0.2) is 0 Å². The maximum atomic E-state index is 13.5. The molecule has 0 radical (unpaired) electrons. The van der Waals surface area contributed by atoms with Gasteiger partial charge < -0.3 is 9.47 Å². The van der Waals surface area contributed by atoms with Crippen molar-refractivity contribution in [1.82, 2.24) is 5.32 Å². The molecule has 0 aromatic heterocycles. The van der Waals surface area contributed by atoms with Gasteiger partial charge in [-0.3, -0.25) is 14.9 Å². The van der Waals surface area contributed by atoms with E-state index in [9.17, 15) is 14.4 Å². The minimum atomic E-state index is -0.853. The number of urea groups is 1. The lowest BCUT2D eigenvalue weighted by Crippen LogP contribution is -2.54. The Morgan fingerprint density at radius 2 is 1.40 bits per heavy atom. The van der Waals surface area contributed by atoms with Crippen molar-refractivity contribution in [2.75, 3.05) is 4.90 Å². The fourth-order valence-corrected chi connectivity index (χ4v) is 4.61. The molecule has 1 aliphatic heterocycles. The number of amides is 4. The topological polar surface area (TPSA) is 84.9 Å². The Balaban J connectivity index is 1.35. The predicted octanol–water partition coefficient (Wildman–Crippen LogP) is 7.43. The number of carbonyl (C=O) groups excluding carboxylic acids is 3. The van der Waals surface area contributed by atoms with Gasteiger partial charge in [0.05, 0.1) is 5.69 Å². The van der Waals surface area contributed by atoms with Gasteiger partial charge >= 0.3 is 6.03 Å². The van der Waals surface area contributed by atoms with Gasteiger partial charge in [-0.15, -0.1) is 0 Å². The lowest BCUT2D eigenvalue weighted by Gasteiger charge is -2.26. The van der Waals surface area contributed by atoms with Gasteiger partial charge in [0, 0.05) is 15.6 Å². The van der Waals surface area contributed by atoms with Crippen LogP contribution in [-0.4, -0.2) is 17.8 Å². The van der Waals surface area contributed by atoms with E-state index in [1.807, 2.05) is 44.2 Å². The van der Waals surface area contributed by atoms with Crippen molar-refractivity contribution >= 4 is 52.8 Å². The zero-order valence-electron chi connectivity index (χ0n) is 22.8. The third kappa shape index (κ3) is 6.65. The highest BCUT2D eigenvalue weighted by molar-refractivity contribution is 6.39. The number of hydrogen-bond acceptors (Lipinski definition) is 5. The first-order valence-electron chi connectivity index (χ1n) is 13.1. The van der Waals surface area contributed by atoms with Gasteiger partial charge in [-0.25, -0.2) is 9.69 Å². The zero-order chi connectivity index (χ0) is 29.8. The molecule has 42 heavy (non-hydrogen) atoms. The minimum absolute atomic E-state index is 0.240. The second-order valence-corrected chi connectivity index (χ2v) is 10.6. The van der Waals surface area contributed by atoms with Crippen LogP contribution in [0.15, 0.2) is 90.5 Å². The summed E-state index contributed by atoms with van der Waals surface area (Å²) in [6.45, 7) is 4.65. The number of nitrogens with zero attached hydrogens (tertiary/aromatic N) is 1. The first-order valence-corrected chi connectivity index (χ1v) is 13.8. The second kappa shape index (κ2) is 12.5. The van der Waals surface area contributed by atoms with Gasteiger partial charge in [-0.1, -0.05) is 53.5 Å². The van der Waals surface area contributed by atoms with E-state index in [-0.39, 0.29) is 17.9 Å². The van der Waals surface area contributed by atoms with Crippen LogP contribution in [0.4, 0.5) is 10.5 Å². The van der Waals surface area contributed by atoms with Crippen LogP contribution < -0.4 is 19.7 Å². The van der Waals surface area contributed by atoms with Crippen LogP contribution in [0, 0.1) is 13.8 Å². The fraction of sp³-hybridized carbons (Fsp3) is 0.121. The lowest BCUT2D eigenvalue weighted by molar-refractivity contribution is -0.122. The molecule has 0 aliphatic carbocycles. The zero-order valence-corrected chi connectivity index (χ0v) is 24.3. The Bertz CT molecular complexity index is 1700. The molecule has 1 heterocycles. The number of nitrogens with one attached hydrogen (secondary N) is 1. The smallest absolute Gasteiger partial charge is 0.335 e. The highest BCUT2D eigenvalue weighted by atomic mass is 35.5. The van der Waals surface area contributed by atoms with Crippen LogP contribution >= 0.6 is 23.2 Å². The van der Waals surface area contributed by atoms with Crippen LogP contribution in [0.2, 0.25) is 10.0 Å². The number of carbonyl (C=O) groups is 3. The standard InChI is InChI=1S/C33H26Cl2N2O5/c1-20-3-4-23(15-21(20)2)19-42-30-14-9-26(35)16-24(30)17-29-31(38)36-33(40)37(32(29)39)27-10-12-28(13-11-27)41-18-22-5-7-25(34)8-6-22/h3-17H,18-19H2,1-2H3,(H,36,38,40)/b29-17+. The van der Waals surface area contributed by atoms with Gasteiger partial charge in [-0.05, 0) is 96.8 Å². The average molecular weight is 601 g/mol. The Morgan fingerprint density at radius 1 is 0.738 bits per heavy atom. The van der Waals surface area contributed by atoms with Crippen LogP contribution in [0.25, 0.3) is 6.08 Å². The monoisotopic (exact) mass is 600 g/mol. The predicted molar refractivity (Wildman–Crippen MR) is 163 cm³/mol. The molecule has 0 saturated carbocycles. The summed E-state index contributed by atoms with van der Waals surface area (Å²) in [7, 11) is 0. The number of aryl methyl sites for hydroxylation is 2. The molecular weight excluding hydrogens is 575 g/mol. The fourth-order valence-electron chi connectivity index (χ4n) is 4.30. The first kappa shape index (κ1) is 28.9. The summed E-state index contributed by atoms with van der Waals surface area (Å²) in [6.07, 6.45) is 1.38. The van der Waals surface area contributed by atoms with Gasteiger partial charge in [0.25, 0.3) is 11.8 Å². The van der Waals surface area contributed by atoms with E-state index in [0.717, 1.165) is 21.6 Å². The molecule has 5 rings (SSSR count). The molecule has 7 nitrogen and oxygen atoms in total. The Labute approximate surface area is 253 Å². The molecular formula is C33H26Cl2N2O5. The third-order valence-electron chi connectivity index (χ3n) is 6.75. The molecule has 1 fully saturated rings. The van der Waals surface area contributed by atoms with Gasteiger partial charge in [-0.2, -0.15) is 0 Å². The molecule has 212 valence electrons. The maximum Gasteiger partial charge on any atom is 0.335 e. The summed E-state index contributed by atoms with van der Waals surface area (Å²) in [6, 6.07) is 23.8. The van der Waals surface area contributed by atoms with Crippen molar-refractivity contribution in [2.45, 2.75) is 27.1 Å². The van der Waals surface area contributed by atoms with Gasteiger partial charge in [0.2, 0.25) is 0 Å². The second-order valence-electron chi connectivity index (χ2n) is 9.76. The van der Waals surface area contributed by atoms with E-state index < -0.39 is 17.8 Å². The summed E-state index contributed by atoms with van der Waals surface area (Å²) in [5.74, 6) is -0.630. The van der Waals surface area contributed by atoms with E-state index in [0.29, 0.717) is 33.7 Å². The van der Waals surface area contributed by atoms with Crippen molar-refractivity contribution in [3.05, 3.63) is 128 Å². The SMILES string of the molecule is Cc1ccc(COc2ccc(Cl)cc2/C=C2\C(=O)NC(=O)N(c3ccc(OCc4ccc(Cl)cc4)cc3)C2=O)cc1C. The first-order chi connectivity index (χ1) is 20.2. The summed E-state index contributed by atoms with van der Waals surface area (Å²) < 4.78 is 11.8. The molecule has 9 heteroatoms. The van der Waals surface area contributed by atoms with E-state index in [1.54, 1.807) is 54.6 Å².